The fourth-order valence-corrected chi connectivity index (χ4v) is 4.94. The van der Waals surface area contributed by atoms with Crippen molar-refractivity contribution in [3.05, 3.63) is 42.0 Å². The summed E-state index contributed by atoms with van der Waals surface area (Å²) in [5, 5.41) is 0. The fourth-order valence-electron chi connectivity index (χ4n) is 4.94. The van der Waals surface area contributed by atoms with Gasteiger partial charge in [0.05, 0.1) is 0 Å². The molecule has 4 heteroatoms. The first kappa shape index (κ1) is 22.8. The summed E-state index contributed by atoms with van der Waals surface area (Å²) >= 11 is 0. The van der Waals surface area contributed by atoms with Gasteiger partial charge < -0.3 is 4.74 Å². The molecule has 0 radical (unpaired) electrons. The lowest BCUT2D eigenvalue weighted by Crippen LogP contribution is -2.17. The van der Waals surface area contributed by atoms with Gasteiger partial charge in [0.15, 0.2) is 0 Å². The summed E-state index contributed by atoms with van der Waals surface area (Å²) in [6.07, 6.45) is 11.9. The Morgan fingerprint density at radius 2 is 1.63 bits per heavy atom. The molecule has 3 rings (SSSR count). The number of halogens is 3. The smallest absolute Gasteiger partial charge is 0.406 e. The summed E-state index contributed by atoms with van der Waals surface area (Å²) in [5.74, 6) is 9.00. The van der Waals surface area contributed by atoms with Crippen molar-refractivity contribution in [2.75, 3.05) is 0 Å². The molecular formula is C26H33F3O. The van der Waals surface area contributed by atoms with Crippen molar-refractivity contribution < 1.29 is 17.9 Å². The van der Waals surface area contributed by atoms with E-state index in [0.717, 1.165) is 37.2 Å². The monoisotopic (exact) mass is 418 g/mol. The van der Waals surface area contributed by atoms with Crippen LogP contribution >= 0.6 is 0 Å². The van der Waals surface area contributed by atoms with Gasteiger partial charge in [-0.05, 0) is 92.9 Å². The van der Waals surface area contributed by atoms with Gasteiger partial charge in [-0.3, -0.25) is 0 Å². The zero-order valence-electron chi connectivity index (χ0n) is 17.9. The Hall–Kier alpha value is -1.89. The largest absolute Gasteiger partial charge is 0.573 e. The molecule has 1 aromatic rings. The highest BCUT2D eigenvalue weighted by Gasteiger charge is 2.31. The van der Waals surface area contributed by atoms with Crippen LogP contribution in [0.5, 0.6) is 5.75 Å². The maximum Gasteiger partial charge on any atom is 0.573 e. The first-order chi connectivity index (χ1) is 14.4. The van der Waals surface area contributed by atoms with Crippen LogP contribution in [-0.4, -0.2) is 6.36 Å². The number of alkyl halides is 3. The third-order valence-corrected chi connectivity index (χ3v) is 6.64. The van der Waals surface area contributed by atoms with Crippen LogP contribution in [0.15, 0.2) is 36.4 Å². The molecule has 1 aromatic carbocycles. The third-order valence-electron chi connectivity index (χ3n) is 6.64. The molecule has 1 nitrogen and oxygen atoms in total. The van der Waals surface area contributed by atoms with Gasteiger partial charge in [0.25, 0.3) is 0 Å². The Morgan fingerprint density at radius 1 is 0.967 bits per heavy atom. The molecule has 0 amide bonds. The molecule has 0 atom stereocenters. The average Bonchev–Trinajstić information content (AvgIpc) is 2.73. The molecule has 0 spiro atoms. The summed E-state index contributed by atoms with van der Waals surface area (Å²) in [7, 11) is 0. The lowest BCUT2D eigenvalue weighted by molar-refractivity contribution is -0.274. The van der Waals surface area contributed by atoms with Crippen molar-refractivity contribution in [2.45, 2.75) is 83.4 Å². The Balaban J connectivity index is 1.40. The van der Waals surface area contributed by atoms with Crippen LogP contribution in [0, 0.1) is 29.6 Å². The van der Waals surface area contributed by atoms with Crippen molar-refractivity contribution in [1.82, 2.24) is 0 Å². The third kappa shape index (κ3) is 7.42. The molecule has 0 unspecified atom stereocenters. The van der Waals surface area contributed by atoms with Crippen LogP contribution in [0.2, 0.25) is 0 Å². The topological polar surface area (TPSA) is 9.23 Å². The van der Waals surface area contributed by atoms with Crippen LogP contribution in [0.4, 0.5) is 13.2 Å². The van der Waals surface area contributed by atoms with Gasteiger partial charge >= 0.3 is 6.36 Å². The van der Waals surface area contributed by atoms with E-state index in [0.29, 0.717) is 17.8 Å². The molecule has 0 heterocycles. The fraction of sp³-hybridized carbons (Fsp3) is 0.615. The second-order valence-corrected chi connectivity index (χ2v) is 8.88. The minimum atomic E-state index is -4.64. The van der Waals surface area contributed by atoms with Gasteiger partial charge in [0.2, 0.25) is 0 Å². The highest BCUT2D eigenvalue weighted by Crippen LogP contribution is 2.36. The quantitative estimate of drug-likeness (QED) is 0.440. The van der Waals surface area contributed by atoms with E-state index in [1.165, 1.54) is 50.7 Å². The summed E-state index contributed by atoms with van der Waals surface area (Å²) in [5.41, 5.74) is 1.09. The van der Waals surface area contributed by atoms with Crippen molar-refractivity contribution in [3.63, 3.8) is 0 Å². The van der Waals surface area contributed by atoms with Gasteiger partial charge in [0.1, 0.15) is 5.75 Å². The molecule has 0 aromatic heterocycles. The van der Waals surface area contributed by atoms with Gasteiger partial charge in [0, 0.05) is 5.92 Å². The molecule has 0 N–H and O–H groups in total. The van der Waals surface area contributed by atoms with E-state index in [1.54, 1.807) is 12.1 Å². The standard InChI is InChI=1S/C26H33F3O/c1-2-5-20-8-10-21(11-9-20)6-3-4-7-22-12-14-23(15-13-22)24-16-18-25(19-17-24)30-26(27,28)29/h3,6,16-23H,2,5,8-15H2,1H3/t20-,21-,22-,23-. The summed E-state index contributed by atoms with van der Waals surface area (Å²) in [6.45, 7) is 2.28. The Kier molecular flexibility index (Phi) is 8.31. The van der Waals surface area contributed by atoms with Gasteiger partial charge in [-0.15, -0.1) is 13.2 Å². The molecule has 0 bridgehead atoms. The maximum absolute atomic E-state index is 12.3. The van der Waals surface area contributed by atoms with Crippen LogP contribution < -0.4 is 4.74 Å². The van der Waals surface area contributed by atoms with Crippen LogP contribution in [0.25, 0.3) is 0 Å². The molecule has 2 fully saturated rings. The molecule has 30 heavy (non-hydrogen) atoms. The first-order valence-corrected chi connectivity index (χ1v) is 11.5. The normalized spacial score (nSPS) is 27.5. The van der Waals surface area contributed by atoms with Crippen LogP contribution in [0.3, 0.4) is 0 Å². The second kappa shape index (κ2) is 10.9. The zero-order chi connectivity index (χ0) is 21.4. The number of benzene rings is 1. The number of allylic oxidation sites excluding steroid dienone is 2. The van der Waals surface area contributed by atoms with E-state index in [2.05, 4.69) is 35.7 Å². The Morgan fingerprint density at radius 3 is 2.23 bits per heavy atom. The predicted molar refractivity (Wildman–Crippen MR) is 115 cm³/mol. The number of hydrogen-bond acceptors (Lipinski definition) is 1. The summed E-state index contributed by atoms with van der Waals surface area (Å²) in [6, 6.07) is 6.34. The summed E-state index contributed by atoms with van der Waals surface area (Å²) in [4.78, 5) is 0. The molecule has 0 saturated heterocycles. The maximum atomic E-state index is 12.3. The van der Waals surface area contributed by atoms with Gasteiger partial charge in [-0.1, -0.05) is 49.8 Å². The highest BCUT2D eigenvalue weighted by molar-refractivity contribution is 5.30. The highest BCUT2D eigenvalue weighted by atomic mass is 19.4. The molecule has 2 aliphatic carbocycles. The summed E-state index contributed by atoms with van der Waals surface area (Å²) < 4.78 is 40.8. The van der Waals surface area contributed by atoms with E-state index in [-0.39, 0.29) is 5.75 Å². The SMILES string of the molecule is CCC[C@H]1CC[C@H](C=CC#C[C@H]2CC[C@H](c3ccc(OC(F)(F)F)cc3)CC2)CC1. The lowest BCUT2D eigenvalue weighted by Gasteiger charge is -2.26. The second-order valence-electron chi connectivity index (χ2n) is 8.88. The molecule has 2 aliphatic rings. The molecular weight excluding hydrogens is 385 g/mol. The Bertz CT molecular complexity index is 722. The van der Waals surface area contributed by atoms with Crippen LogP contribution in [-0.2, 0) is 0 Å². The van der Waals surface area contributed by atoms with Crippen molar-refractivity contribution in [2.24, 2.45) is 17.8 Å². The first-order valence-electron chi connectivity index (χ1n) is 11.5. The molecule has 0 aliphatic heterocycles. The van der Waals surface area contributed by atoms with E-state index < -0.39 is 6.36 Å². The van der Waals surface area contributed by atoms with Crippen molar-refractivity contribution >= 4 is 0 Å². The van der Waals surface area contributed by atoms with E-state index >= 15 is 0 Å². The average molecular weight is 419 g/mol. The number of hydrogen-bond donors (Lipinski definition) is 0. The van der Waals surface area contributed by atoms with E-state index in [4.69, 9.17) is 0 Å². The minimum Gasteiger partial charge on any atom is -0.406 e. The molecule has 2 saturated carbocycles. The van der Waals surface area contributed by atoms with Crippen molar-refractivity contribution in [3.8, 4) is 17.6 Å². The van der Waals surface area contributed by atoms with Gasteiger partial charge in [-0.2, -0.15) is 0 Å². The van der Waals surface area contributed by atoms with Gasteiger partial charge in [-0.25, -0.2) is 0 Å². The number of ether oxygens (including phenoxy) is 1. The van der Waals surface area contributed by atoms with Crippen molar-refractivity contribution in [1.29, 1.82) is 0 Å². The van der Waals surface area contributed by atoms with E-state index in [9.17, 15) is 13.2 Å². The predicted octanol–water partition coefficient (Wildman–Crippen LogP) is 8.03. The minimum absolute atomic E-state index is 0.156. The van der Waals surface area contributed by atoms with E-state index in [1.807, 2.05) is 0 Å². The number of rotatable bonds is 5. The van der Waals surface area contributed by atoms with Crippen LogP contribution in [0.1, 0.15) is 82.6 Å². The lowest BCUT2D eigenvalue weighted by atomic mass is 9.79. The zero-order valence-corrected chi connectivity index (χ0v) is 17.9. The Labute approximate surface area is 179 Å². The molecule has 164 valence electrons.